The van der Waals surface area contributed by atoms with Crippen LogP contribution in [0.4, 0.5) is 0 Å². The molecule has 5 heteroatoms. The van der Waals surface area contributed by atoms with Gasteiger partial charge in [0.2, 0.25) is 6.49 Å². The molecule has 0 bridgehead atoms. The number of hydrogen-bond donors (Lipinski definition) is 0. The fraction of sp³-hybridized carbons (Fsp3) is 0.250. The van der Waals surface area contributed by atoms with Crippen molar-refractivity contribution in [2.24, 2.45) is 0 Å². The van der Waals surface area contributed by atoms with Crippen molar-refractivity contribution in [2.45, 2.75) is 6.92 Å². The predicted octanol–water partition coefficient (Wildman–Crippen LogP) is 2.95. The fourth-order valence-corrected chi connectivity index (χ4v) is 2.91. The monoisotopic (exact) mass is 272 g/mol. The van der Waals surface area contributed by atoms with Crippen LogP contribution >= 0.6 is 17.7 Å². The van der Waals surface area contributed by atoms with Gasteiger partial charge in [0.1, 0.15) is 0 Å². The molecule has 0 aliphatic carbocycles. The van der Waals surface area contributed by atoms with Crippen LogP contribution in [-0.2, 0) is 14.1 Å². The van der Waals surface area contributed by atoms with E-state index in [9.17, 15) is 9.36 Å². The second-order valence-electron chi connectivity index (χ2n) is 3.63. The zero-order valence-corrected chi connectivity index (χ0v) is 11.2. The number of carbonyl (C=O) groups excluding carboxylic acids is 1. The van der Waals surface area contributed by atoms with Crippen LogP contribution in [0.25, 0.3) is 0 Å². The fourth-order valence-electron chi connectivity index (χ4n) is 1.16. The van der Waals surface area contributed by atoms with Gasteiger partial charge in [-0.1, -0.05) is 36.9 Å². The molecule has 0 radical (unpaired) electrons. The molecule has 0 N–H and O–H groups in total. The van der Waals surface area contributed by atoms with E-state index in [1.165, 1.54) is 0 Å². The van der Waals surface area contributed by atoms with Gasteiger partial charge in [0, 0.05) is 10.9 Å². The summed E-state index contributed by atoms with van der Waals surface area (Å²) in [4.78, 5) is 11.1. The number of rotatable bonds is 5. The minimum Gasteiger partial charge on any atom is -0.462 e. The second kappa shape index (κ2) is 6.04. The van der Waals surface area contributed by atoms with Crippen LogP contribution in [0.2, 0.25) is 0 Å². The van der Waals surface area contributed by atoms with E-state index in [0.29, 0.717) is 10.9 Å². The average molecular weight is 273 g/mol. The van der Waals surface area contributed by atoms with Gasteiger partial charge in [0.25, 0.3) is 0 Å². The van der Waals surface area contributed by atoms with Gasteiger partial charge in [-0.3, -0.25) is 0 Å². The summed E-state index contributed by atoms with van der Waals surface area (Å²) in [5, 5.41) is 0.577. The summed E-state index contributed by atoms with van der Waals surface area (Å²) in [5.41, 5.74) is 0.314. The van der Waals surface area contributed by atoms with Crippen LogP contribution in [0.3, 0.4) is 0 Å². The first kappa shape index (κ1) is 14.0. The van der Waals surface area contributed by atoms with Crippen LogP contribution in [0.5, 0.6) is 0 Å². The Morgan fingerprint density at radius 2 is 2.00 bits per heavy atom. The molecule has 0 aliphatic rings. The molecule has 0 saturated heterocycles. The van der Waals surface area contributed by atoms with Crippen molar-refractivity contribution in [3.05, 3.63) is 42.5 Å². The van der Waals surface area contributed by atoms with Crippen molar-refractivity contribution in [3.63, 3.8) is 0 Å². The molecule has 17 heavy (non-hydrogen) atoms. The summed E-state index contributed by atoms with van der Waals surface area (Å²) in [7, 11) is 0. The van der Waals surface area contributed by atoms with Gasteiger partial charge in [0.05, 0.1) is 12.8 Å². The number of benzene rings is 1. The summed E-state index contributed by atoms with van der Waals surface area (Å²) in [6, 6.07) is 8.76. The Morgan fingerprint density at radius 3 is 2.53 bits per heavy atom. The Bertz CT molecular complexity index is 456. The Labute approximate surface area is 106 Å². The number of esters is 1. The van der Waals surface area contributed by atoms with E-state index in [4.69, 9.17) is 16.0 Å². The van der Waals surface area contributed by atoms with E-state index in [-0.39, 0.29) is 12.8 Å². The van der Waals surface area contributed by atoms with E-state index < -0.39 is 12.5 Å². The maximum absolute atomic E-state index is 12.1. The van der Waals surface area contributed by atoms with Crippen LogP contribution < -0.4 is 5.30 Å². The van der Waals surface area contributed by atoms with E-state index in [0.717, 1.165) is 0 Å². The molecule has 0 fully saturated rings. The molecule has 1 aromatic carbocycles. The van der Waals surface area contributed by atoms with Gasteiger partial charge in [-0.25, -0.2) is 4.79 Å². The standard InChI is InChI=1S/C12H14ClO3P/c1-10(2)12(14)16-8-9-17(13,15)11-6-4-3-5-7-11/h3-7H,1,8-9H2,2H3. The van der Waals surface area contributed by atoms with Crippen molar-refractivity contribution >= 4 is 29.0 Å². The molecular formula is C12H14ClO3P. The number of ether oxygens (including phenoxy) is 1. The average Bonchev–Trinajstić information content (AvgIpc) is 2.29. The lowest BCUT2D eigenvalue weighted by Crippen LogP contribution is -2.11. The zero-order chi connectivity index (χ0) is 12.9. The lowest BCUT2D eigenvalue weighted by Gasteiger charge is -2.11. The largest absolute Gasteiger partial charge is 0.462 e. The SMILES string of the molecule is C=C(C)C(=O)OCCP(=O)(Cl)c1ccccc1. The normalized spacial score (nSPS) is 13.8. The quantitative estimate of drug-likeness (QED) is 0.470. The van der Waals surface area contributed by atoms with Gasteiger partial charge in [-0.15, -0.1) is 0 Å². The Kier molecular flexibility index (Phi) is 4.98. The number of halogens is 1. The summed E-state index contributed by atoms with van der Waals surface area (Å²) in [6.07, 6.45) is 0.123. The molecule has 1 aromatic rings. The molecule has 92 valence electrons. The van der Waals surface area contributed by atoms with Gasteiger partial charge in [-0.2, -0.15) is 0 Å². The molecule has 0 amide bonds. The highest BCUT2D eigenvalue weighted by Gasteiger charge is 2.21. The third-order valence-corrected chi connectivity index (χ3v) is 5.02. The molecule has 3 nitrogen and oxygen atoms in total. The van der Waals surface area contributed by atoms with Crippen molar-refractivity contribution in [1.82, 2.24) is 0 Å². The van der Waals surface area contributed by atoms with Crippen molar-refractivity contribution in [3.8, 4) is 0 Å². The second-order valence-corrected chi connectivity index (χ2v) is 7.53. The third-order valence-electron chi connectivity index (χ3n) is 2.10. The van der Waals surface area contributed by atoms with Crippen molar-refractivity contribution in [2.75, 3.05) is 12.8 Å². The van der Waals surface area contributed by atoms with Gasteiger partial charge < -0.3 is 9.30 Å². The molecule has 0 spiro atoms. The highest BCUT2D eigenvalue weighted by Crippen LogP contribution is 2.49. The van der Waals surface area contributed by atoms with Crippen LogP contribution in [-0.4, -0.2) is 18.7 Å². The molecule has 1 atom stereocenters. The lowest BCUT2D eigenvalue weighted by molar-refractivity contribution is -0.138. The van der Waals surface area contributed by atoms with Crippen LogP contribution in [0.15, 0.2) is 42.5 Å². The summed E-state index contributed by atoms with van der Waals surface area (Å²) < 4.78 is 17.0. The number of hydrogen-bond acceptors (Lipinski definition) is 3. The Morgan fingerprint density at radius 1 is 1.41 bits per heavy atom. The third kappa shape index (κ3) is 4.37. The smallest absolute Gasteiger partial charge is 0.333 e. The minimum atomic E-state index is -2.97. The molecule has 0 heterocycles. The molecule has 1 unspecified atom stereocenters. The minimum absolute atomic E-state index is 0.0291. The maximum atomic E-state index is 12.1. The Hall–Kier alpha value is -1.05. The maximum Gasteiger partial charge on any atom is 0.333 e. The summed E-state index contributed by atoms with van der Waals surface area (Å²) in [5.74, 6) is -0.491. The highest BCUT2D eigenvalue weighted by atomic mass is 35.7. The Balaban J connectivity index is 2.55. The highest BCUT2D eigenvalue weighted by molar-refractivity contribution is 7.95. The lowest BCUT2D eigenvalue weighted by atomic mass is 10.4. The molecule has 1 rings (SSSR count). The van der Waals surface area contributed by atoms with Crippen LogP contribution in [0.1, 0.15) is 6.92 Å². The number of carbonyl (C=O) groups is 1. The van der Waals surface area contributed by atoms with Crippen molar-refractivity contribution in [1.29, 1.82) is 0 Å². The molecule has 0 aliphatic heterocycles. The van der Waals surface area contributed by atoms with E-state index in [1.54, 1.807) is 31.2 Å². The predicted molar refractivity (Wildman–Crippen MR) is 70.2 cm³/mol. The molecule has 0 saturated carbocycles. The van der Waals surface area contributed by atoms with Gasteiger partial charge >= 0.3 is 5.97 Å². The molecule has 0 aromatic heterocycles. The molecular weight excluding hydrogens is 259 g/mol. The topological polar surface area (TPSA) is 43.4 Å². The van der Waals surface area contributed by atoms with Crippen molar-refractivity contribution < 1.29 is 14.1 Å². The first-order chi connectivity index (χ1) is 7.93. The first-order valence-electron chi connectivity index (χ1n) is 5.10. The van der Waals surface area contributed by atoms with Gasteiger partial charge in [0.15, 0.2) is 0 Å². The first-order valence-corrected chi connectivity index (χ1v) is 7.90. The van der Waals surface area contributed by atoms with E-state index in [1.807, 2.05) is 6.07 Å². The van der Waals surface area contributed by atoms with Crippen LogP contribution in [0, 0.1) is 0 Å². The summed E-state index contributed by atoms with van der Waals surface area (Å²) in [6.45, 7) is 2.07. The van der Waals surface area contributed by atoms with Gasteiger partial charge in [-0.05, 0) is 18.2 Å². The summed E-state index contributed by atoms with van der Waals surface area (Å²) >= 11 is 5.97. The van der Waals surface area contributed by atoms with E-state index in [2.05, 4.69) is 6.58 Å². The van der Waals surface area contributed by atoms with E-state index >= 15 is 0 Å². The zero-order valence-electron chi connectivity index (χ0n) is 9.56.